The number of aryl methyl sites for hydroxylation is 7. The van der Waals surface area contributed by atoms with Crippen molar-refractivity contribution in [3.8, 4) is 0 Å². The third-order valence-corrected chi connectivity index (χ3v) is 31.4. The predicted molar refractivity (Wildman–Crippen MR) is 502 cm³/mol. The second kappa shape index (κ2) is 48.4. The molecule has 14 rings (SSSR count). The fourth-order valence-corrected chi connectivity index (χ4v) is 25.9. The molecule has 7 aliphatic rings. The summed E-state index contributed by atoms with van der Waals surface area (Å²) in [4.78, 5) is 51.3. The first-order chi connectivity index (χ1) is 51.0. The fraction of sp³-hybridized carbons (Fsp3) is 0.608. The first-order valence-electron chi connectivity index (χ1n) is 36.8. The molecule has 32 heteroatoms. The predicted octanol–water partition coefficient (Wildman–Crippen LogP) is 25.5. The number of carbonyl (C=O) groups is 3. The molecule has 0 bridgehead atoms. The maximum absolute atomic E-state index is 12.0. The summed E-state index contributed by atoms with van der Waals surface area (Å²) in [5.41, 5.74) is 8.52. The molecule has 111 heavy (non-hydrogen) atoms. The summed E-state index contributed by atoms with van der Waals surface area (Å²) in [5.74, 6) is 3.94. The van der Waals surface area contributed by atoms with Crippen LogP contribution >= 0.6 is 211 Å². The van der Waals surface area contributed by atoms with Crippen molar-refractivity contribution in [2.24, 2.45) is 4.30 Å². The molecule has 4 N–H and O–H groups in total. The van der Waals surface area contributed by atoms with Gasteiger partial charge in [-0.05, 0) is 320 Å². The number of likely N-dealkylation sites (N-methyl/N-ethyl adjacent to an activating group) is 7. The van der Waals surface area contributed by atoms with Gasteiger partial charge in [-0.15, -0.1) is 104 Å². The molecule has 0 aliphatic heterocycles. The van der Waals surface area contributed by atoms with Gasteiger partial charge in [-0.1, -0.05) is 53.8 Å². The van der Waals surface area contributed by atoms with E-state index in [1.807, 2.05) is 161 Å². The van der Waals surface area contributed by atoms with Crippen LogP contribution in [-0.4, -0.2) is 153 Å². The number of nitrogens with zero attached hydrogens (tertiary/aromatic N) is 4. The van der Waals surface area contributed by atoms with Crippen LogP contribution in [0, 0.1) is 0 Å². The van der Waals surface area contributed by atoms with Crippen LogP contribution in [0.15, 0.2) is 55.4 Å². The van der Waals surface area contributed by atoms with Gasteiger partial charge in [0.25, 0.3) is 0 Å². The number of hydrogen-bond donors (Lipinski definition) is 5. The van der Waals surface area contributed by atoms with Gasteiger partial charge in [-0.2, -0.15) is 0 Å². The molecule has 7 unspecified atom stereocenters. The zero-order chi connectivity index (χ0) is 79.5. The number of ether oxygens (including phenoxy) is 3. The van der Waals surface area contributed by atoms with Crippen LogP contribution in [0.25, 0.3) is 0 Å². The molecule has 0 aromatic carbocycles. The van der Waals surface area contributed by atoms with Gasteiger partial charge in [0.1, 0.15) is 16.8 Å². The summed E-state index contributed by atoms with van der Waals surface area (Å²) in [6, 6.07) is 6.68. The van der Waals surface area contributed by atoms with Crippen LogP contribution in [0.5, 0.6) is 0 Å². The Morgan fingerprint density at radius 2 is 0.766 bits per heavy atom. The Hall–Kier alpha value is -1.06. The Bertz CT molecular complexity index is 3980. The molecule has 1 radical (unpaired) electrons. The zero-order valence-electron chi connectivity index (χ0n) is 66.0. The molecule has 7 aliphatic carbocycles. The number of amides is 3. The Balaban J connectivity index is 0.000000273. The van der Waals surface area contributed by atoms with Gasteiger partial charge in [0.2, 0.25) is 0 Å². The van der Waals surface area contributed by atoms with Crippen LogP contribution in [0.2, 0.25) is 20.1 Å². The maximum atomic E-state index is 12.0. The third-order valence-electron chi connectivity index (χ3n) is 19.3. The van der Waals surface area contributed by atoms with Crippen molar-refractivity contribution in [2.45, 2.75) is 218 Å². The molecule has 0 saturated carbocycles. The first kappa shape index (κ1) is 102. The van der Waals surface area contributed by atoms with Gasteiger partial charge in [0.15, 0.2) is 0 Å². The summed E-state index contributed by atoms with van der Waals surface area (Å²) in [7, 11) is 17.8. The number of hydrogen-bond acceptors (Lipinski definition) is 19. The number of thiophene rings is 7. The summed E-state index contributed by atoms with van der Waals surface area (Å²) >= 11 is 51.1. The standard InChI is InChI=1S/C14H19BrClNO2S.C14H20BrNO2S.C14H21NO2S.C9H11BrClNS.2C9H12ClNS.C9H13NS.CH4.BHNS.2ClH/c1-14(2,3)19-13(18)17(4)7-8-5-6-9-10(8)11(16)12(15)20-9;1-14(2,3)18-13(17)16(4)8-9-5-6-11-10(9)7-12(15)19-11;1-14(2,3)17-13(16)15(4)9-10-5-6-12-11(10)7-8-18-12;1-12-4-5-2-3-6-7(5)8(11)9(10)13-6;2*1-11-4-6-2-3-8-9(6)7(10)5-12-8;1-10-6-7-2-3-9-8(7)4-5-11-9;;1-2-3;;/h8H,5-7H2,1-4H3;7,9H,5-6,8H2,1-4H3;7-8,10H,5-6,9H2,1-4H3;5,12H,2-4H2,1H3;2*5-6,11H,2-4H2,1H3;4-5,7,10H,2-3,6H2,1H3;1H4;3H;2*1H. The molecule has 621 valence electrons. The topological polar surface area (TPSA) is 149 Å². The molecule has 7 heterocycles. The number of carbonyl (C=O) groups excluding carboxylic acids is 3. The fourth-order valence-electron chi connectivity index (χ4n) is 14.6. The molecular formula is C79H115BBr3Cl6N8O6S8. The molecule has 7 atom stereocenters. The SMILES string of the molecule is C.CN(CC1CCc2sc(Br)c(Cl)c21)C(=O)OC(C)(C)C.CN(CC1CCc2sc(Br)cc21)C(=O)OC(C)(C)C.CN(CC1CCc2sccc21)C(=O)OC(C)(C)C.CNCC1CCc2sc(Br)c(Cl)c21.CNCC1CCc2scc(Cl)c21.CNCC1CCc2scc(Cl)c21.CNCC1CCc2sccc21.Cl.Cl.[B]=NS. The van der Waals surface area contributed by atoms with Crippen molar-refractivity contribution in [3.05, 3.63) is 144 Å². The minimum absolute atomic E-state index is 0. The van der Waals surface area contributed by atoms with Gasteiger partial charge in [-0.3, -0.25) is 0 Å². The van der Waals surface area contributed by atoms with Crippen LogP contribution in [0.1, 0.15) is 229 Å². The van der Waals surface area contributed by atoms with Crippen molar-refractivity contribution >= 4 is 237 Å². The monoisotopic (exact) mass is 1990 g/mol. The third kappa shape index (κ3) is 30.3. The van der Waals surface area contributed by atoms with E-state index in [0.717, 1.165) is 111 Å². The van der Waals surface area contributed by atoms with E-state index in [1.54, 1.807) is 54.9 Å². The van der Waals surface area contributed by atoms with Gasteiger partial charge in [-0.25, -0.2) is 14.4 Å². The Morgan fingerprint density at radius 3 is 1.15 bits per heavy atom. The molecule has 7 aromatic heterocycles. The van der Waals surface area contributed by atoms with Crippen molar-refractivity contribution in [3.63, 3.8) is 0 Å². The van der Waals surface area contributed by atoms with E-state index in [0.29, 0.717) is 42.1 Å². The molecule has 3 amide bonds. The molecule has 0 fully saturated rings. The second-order valence-electron chi connectivity index (χ2n) is 31.0. The number of halogens is 9. The number of fused-ring (bicyclic) bond motifs is 7. The summed E-state index contributed by atoms with van der Waals surface area (Å²) in [6.45, 7) is 23.4. The van der Waals surface area contributed by atoms with Crippen molar-refractivity contribution < 1.29 is 28.6 Å². The van der Waals surface area contributed by atoms with E-state index >= 15 is 0 Å². The van der Waals surface area contributed by atoms with E-state index in [9.17, 15) is 14.4 Å². The summed E-state index contributed by atoms with van der Waals surface area (Å²) in [6.07, 6.45) is 15.9. The first-order valence-corrected chi connectivity index (χ1v) is 47.1. The van der Waals surface area contributed by atoms with Crippen molar-refractivity contribution in [1.29, 1.82) is 0 Å². The van der Waals surface area contributed by atoms with Crippen molar-refractivity contribution in [2.75, 3.05) is 95.1 Å². The van der Waals surface area contributed by atoms with Gasteiger partial charge in [0, 0.05) is 130 Å². The summed E-state index contributed by atoms with van der Waals surface area (Å²) in [5, 5.41) is 25.1. The molecule has 0 saturated heterocycles. The van der Waals surface area contributed by atoms with Crippen LogP contribution < -0.4 is 21.3 Å². The zero-order valence-corrected chi connectivity index (χ0v) is 82.0. The quantitative estimate of drug-likeness (QED) is 0.0405. The van der Waals surface area contributed by atoms with Crippen molar-refractivity contribution in [1.82, 2.24) is 36.0 Å². The van der Waals surface area contributed by atoms with E-state index in [1.165, 1.54) is 118 Å². The molecule has 7 aromatic rings. The summed E-state index contributed by atoms with van der Waals surface area (Å²) < 4.78 is 22.1. The normalized spacial score (nSPS) is 18.7. The number of rotatable bonds is 14. The molecular weight excluding hydrogens is 1880 g/mol. The number of thiol groups is 1. The van der Waals surface area contributed by atoms with Gasteiger partial charge in [0.05, 0.1) is 31.4 Å². The van der Waals surface area contributed by atoms with E-state index < -0.39 is 16.8 Å². The van der Waals surface area contributed by atoms with E-state index in [2.05, 4.69) is 134 Å². The van der Waals surface area contributed by atoms with Gasteiger partial charge < -0.3 is 50.2 Å². The average Bonchev–Trinajstić information content (AvgIpc) is 1.65. The van der Waals surface area contributed by atoms with Crippen LogP contribution in [-0.2, 0) is 59.2 Å². The average molecular weight is 1990 g/mol. The van der Waals surface area contributed by atoms with Crippen LogP contribution in [0.3, 0.4) is 0 Å². The molecule has 0 spiro atoms. The molecule has 14 nitrogen and oxygen atoms in total. The van der Waals surface area contributed by atoms with Crippen LogP contribution in [0.4, 0.5) is 14.4 Å². The van der Waals surface area contributed by atoms with Gasteiger partial charge >= 0.3 is 43.0 Å². The Morgan fingerprint density at radius 1 is 0.468 bits per heavy atom. The van der Waals surface area contributed by atoms with E-state index in [-0.39, 0.29) is 50.5 Å². The second-order valence-corrected chi connectivity index (χ2v) is 44.1. The minimum atomic E-state index is -0.463. The Kier molecular flexibility index (Phi) is 44.6. The van der Waals surface area contributed by atoms with E-state index in [4.69, 9.17) is 60.6 Å². The number of nitrogens with one attached hydrogen (secondary N) is 4. The Labute approximate surface area is 755 Å².